The molecule has 0 aromatic heterocycles. The van der Waals surface area contributed by atoms with Gasteiger partial charge in [0.05, 0.1) is 7.11 Å². The molecule has 0 N–H and O–H groups in total. The van der Waals surface area contributed by atoms with Gasteiger partial charge in [-0.1, -0.05) is 42.2 Å². The predicted molar refractivity (Wildman–Crippen MR) is 65.3 cm³/mol. The van der Waals surface area contributed by atoms with E-state index in [-0.39, 0.29) is 76.1 Å². The van der Waals surface area contributed by atoms with Crippen LogP contribution in [0.2, 0.25) is 10.3 Å². The molecule has 0 saturated heterocycles. The van der Waals surface area contributed by atoms with Gasteiger partial charge in [0.1, 0.15) is 5.75 Å². The van der Waals surface area contributed by atoms with Gasteiger partial charge in [0, 0.05) is 5.02 Å². The minimum atomic E-state index is -4.72. The summed E-state index contributed by atoms with van der Waals surface area (Å²) in [6.07, 6.45) is 0.612. The van der Waals surface area contributed by atoms with E-state index in [1.54, 1.807) is 18.2 Å². The van der Waals surface area contributed by atoms with Crippen LogP contribution in [0, 0.1) is 0 Å². The maximum absolute atomic E-state index is 12.8. The van der Waals surface area contributed by atoms with Crippen molar-refractivity contribution in [2.24, 2.45) is 0 Å². The molecule has 0 amide bonds. The summed E-state index contributed by atoms with van der Waals surface area (Å²) < 4.78 is 43.6. The smallest absolute Gasteiger partial charge is 0.497 e. The van der Waals surface area contributed by atoms with Crippen molar-refractivity contribution in [2.45, 2.75) is 30.0 Å². The molecule has 3 fully saturated rings. The fourth-order valence-electron chi connectivity index (χ4n) is 3.55. The molecule has 7 heteroatoms. The standard InChI is InChI=1S/C12H12BClF3O.K/c1-18-8-2-3-9(10(14)4-8)11-5-12(6-11,7-11)13(15,16)17;/h2-4H,5-7H2,1H3;/q-1;+1. The first-order chi connectivity index (χ1) is 8.32. The summed E-state index contributed by atoms with van der Waals surface area (Å²) in [5.74, 6) is 0.630. The van der Waals surface area contributed by atoms with Crippen LogP contribution in [0.25, 0.3) is 0 Å². The van der Waals surface area contributed by atoms with Gasteiger partial charge in [-0.3, -0.25) is 0 Å². The molecule has 1 nitrogen and oxygen atoms in total. The van der Waals surface area contributed by atoms with E-state index in [0.717, 1.165) is 5.56 Å². The van der Waals surface area contributed by atoms with Gasteiger partial charge >= 0.3 is 58.4 Å². The van der Waals surface area contributed by atoms with Gasteiger partial charge < -0.3 is 17.7 Å². The molecule has 1 aromatic rings. The van der Waals surface area contributed by atoms with Crippen LogP contribution in [0.5, 0.6) is 5.75 Å². The summed E-state index contributed by atoms with van der Waals surface area (Å²) in [4.78, 5) is 0. The van der Waals surface area contributed by atoms with Gasteiger partial charge in [-0.15, -0.1) is 0 Å². The van der Waals surface area contributed by atoms with Gasteiger partial charge in [0.2, 0.25) is 0 Å². The molecule has 19 heavy (non-hydrogen) atoms. The number of hydrogen-bond donors (Lipinski definition) is 0. The second-order valence-electron chi connectivity index (χ2n) is 5.59. The minimum Gasteiger partial charge on any atom is -0.497 e. The zero-order chi connectivity index (χ0) is 13.2. The zero-order valence-corrected chi connectivity index (χ0v) is 14.7. The summed E-state index contributed by atoms with van der Waals surface area (Å²) in [5, 5.41) is -0.860. The van der Waals surface area contributed by atoms with Crippen molar-refractivity contribution in [3.8, 4) is 5.75 Å². The fourth-order valence-corrected chi connectivity index (χ4v) is 3.92. The first-order valence-electron chi connectivity index (χ1n) is 5.85. The summed E-state index contributed by atoms with van der Waals surface area (Å²) in [6, 6.07) is 5.23. The van der Waals surface area contributed by atoms with Crippen molar-refractivity contribution in [2.75, 3.05) is 7.11 Å². The van der Waals surface area contributed by atoms with E-state index in [0.29, 0.717) is 10.8 Å². The van der Waals surface area contributed by atoms with Crippen molar-refractivity contribution in [1.29, 1.82) is 0 Å². The van der Waals surface area contributed by atoms with Crippen LogP contribution in [-0.2, 0) is 5.41 Å². The molecule has 2 bridgehead atoms. The van der Waals surface area contributed by atoms with E-state index in [1.807, 2.05) is 0 Å². The third-order valence-electron chi connectivity index (χ3n) is 4.51. The molecule has 0 atom stereocenters. The average molecular weight is 315 g/mol. The predicted octanol–water partition coefficient (Wildman–Crippen LogP) is 1.38. The summed E-state index contributed by atoms with van der Waals surface area (Å²) in [6.45, 7) is -4.72. The second kappa shape index (κ2) is 4.92. The summed E-state index contributed by atoms with van der Waals surface area (Å²) in [7, 11) is 1.54. The van der Waals surface area contributed by atoms with E-state index in [4.69, 9.17) is 16.3 Å². The third kappa shape index (κ3) is 2.23. The Balaban J connectivity index is 0.00000133. The van der Waals surface area contributed by atoms with Gasteiger partial charge in [0.25, 0.3) is 0 Å². The number of rotatable bonds is 3. The molecule has 3 saturated carbocycles. The Bertz CT molecular complexity index is 500. The quantitative estimate of drug-likeness (QED) is 0.766. The van der Waals surface area contributed by atoms with Crippen LogP contribution < -0.4 is 56.1 Å². The molecule has 0 aliphatic heterocycles. The Morgan fingerprint density at radius 2 is 1.79 bits per heavy atom. The van der Waals surface area contributed by atoms with E-state index in [1.165, 1.54) is 7.11 Å². The van der Waals surface area contributed by atoms with Crippen LogP contribution in [0.15, 0.2) is 18.2 Å². The number of hydrogen-bond acceptors (Lipinski definition) is 1. The van der Waals surface area contributed by atoms with E-state index < -0.39 is 12.3 Å². The van der Waals surface area contributed by atoms with E-state index in [9.17, 15) is 12.9 Å². The van der Waals surface area contributed by atoms with Crippen molar-refractivity contribution in [3.63, 3.8) is 0 Å². The van der Waals surface area contributed by atoms with Crippen molar-refractivity contribution in [3.05, 3.63) is 28.8 Å². The summed E-state index contributed by atoms with van der Waals surface area (Å²) in [5.41, 5.74) is 0.507. The van der Waals surface area contributed by atoms with Crippen LogP contribution in [0.3, 0.4) is 0 Å². The molecule has 0 unspecified atom stereocenters. The molecule has 1 aromatic carbocycles. The van der Waals surface area contributed by atoms with E-state index in [2.05, 4.69) is 0 Å². The summed E-state index contributed by atoms with van der Waals surface area (Å²) >= 11 is 6.13. The van der Waals surface area contributed by atoms with Gasteiger partial charge in [-0.25, -0.2) is 0 Å². The number of ether oxygens (including phenoxy) is 1. The molecule has 98 valence electrons. The maximum atomic E-state index is 12.8. The Labute approximate surface area is 157 Å². The minimum absolute atomic E-state index is 0. The molecule has 3 aliphatic rings. The first-order valence-corrected chi connectivity index (χ1v) is 6.23. The Morgan fingerprint density at radius 3 is 2.21 bits per heavy atom. The van der Waals surface area contributed by atoms with Crippen LogP contribution in [0.4, 0.5) is 12.9 Å². The number of methoxy groups -OCH3 is 1. The normalized spacial score (nSPS) is 31.8. The Kier molecular flexibility index (Phi) is 4.19. The molecule has 3 aliphatic carbocycles. The molecule has 0 radical (unpaired) electrons. The molecular weight excluding hydrogens is 302 g/mol. The Morgan fingerprint density at radius 1 is 1.21 bits per heavy atom. The number of benzene rings is 1. The molecule has 0 heterocycles. The van der Waals surface area contributed by atoms with Gasteiger partial charge in [-0.05, 0) is 23.1 Å². The zero-order valence-electron chi connectivity index (χ0n) is 10.9. The molecule has 0 spiro atoms. The monoisotopic (exact) mass is 314 g/mol. The van der Waals surface area contributed by atoms with Gasteiger partial charge in [-0.2, -0.15) is 0 Å². The van der Waals surface area contributed by atoms with Crippen molar-refractivity contribution >= 4 is 18.6 Å². The third-order valence-corrected chi connectivity index (χ3v) is 4.83. The van der Waals surface area contributed by atoms with Crippen LogP contribution >= 0.6 is 11.6 Å². The van der Waals surface area contributed by atoms with Crippen LogP contribution in [0.1, 0.15) is 24.8 Å². The average Bonchev–Trinajstić information content (AvgIpc) is 2.14. The topological polar surface area (TPSA) is 9.23 Å². The van der Waals surface area contributed by atoms with E-state index >= 15 is 0 Å². The number of halogens is 4. The SMILES string of the molecule is COc1ccc(C23CC([B-](F)(F)F)(C2)C3)c(Cl)c1.[K+]. The fraction of sp³-hybridized carbons (Fsp3) is 0.500. The maximum Gasteiger partial charge on any atom is 1.00 e. The van der Waals surface area contributed by atoms with Crippen LogP contribution in [-0.4, -0.2) is 14.1 Å². The molecule has 4 rings (SSSR count). The Hall–Kier alpha value is 0.801. The van der Waals surface area contributed by atoms with Crippen molar-refractivity contribution in [1.82, 2.24) is 0 Å². The second-order valence-corrected chi connectivity index (χ2v) is 6.00. The largest absolute Gasteiger partial charge is 1.00 e. The van der Waals surface area contributed by atoms with Gasteiger partial charge in [0.15, 0.2) is 0 Å². The van der Waals surface area contributed by atoms with Crippen molar-refractivity contribution < 1.29 is 69.1 Å². The molecular formula is C12H12BClF3KO. The first kappa shape index (κ1) is 16.2.